The van der Waals surface area contributed by atoms with Crippen molar-refractivity contribution in [3.63, 3.8) is 0 Å². The Kier molecular flexibility index (Phi) is 6.23. The van der Waals surface area contributed by atoms with Gasteiger partial charge in [0.1, 0.15) is 12.4 Å². The normalized spacial score (nSPS) is 11.3. The highest BCUT2D eigenvalue weighted by Crippen LogP contribution is 2.26. The van der Waals surface area contributed by atoms with Gasteiger partial charge in [-0.15, -0.1) is 0 Å². The maximum atomic E-state index is 12.4. The van der Waals surface area contributed by atoms with Gasteiger partial charge in [0, 0.05) is 52.9 Å². The van der Waals surface area contributed by atoms with Crippen molar-refractivity contribution in [2.75, 3.05) is 5.32 Å². The number of hydrogen-bond acceptors (Lipinski definition) is 4. The predicted octanol–water partition coefficient (Wildman–Crippen LogP) is 5.06. The van der Waals surface area contributed by atoms with E-state index in [0.29, 0.717) is 29.1 Å². The SMILES string of the molecule is Cc1cc(=O)[nH]c2cc(OCc3ccccc3)c(C=NNC(=O)Nc3ccc4c(ccn4C)c3)cc12. The molecule has 0 unspecified atom stereocenters. The number of pyridine rings is 1. The molecule has 0 bridgehead atoms. The first-order valence-corrected chi connectivity index (χ1v) is 11.5. The van der Waals surface area contributed by atoms with Crippen LogP contribution in [0.15, 0.2) is 88.9 Å². The number of benzene rings is 3. The second-order valence-corrected chi connectivity index (χ2v) is 8.55. The van der Waals surface area contributed by atoms with Gasteiger partial charge in [-0.3, -0.25) is 4.79 Å². The predicted molar refractivity (Wildman–Crippen MR) is 143 cm³/mol. The third-order valence-corrected chi connectivity index (χ3v) is 5.93. The molecule has 3 N–H and O–H groups in total. The summed E-state index contributed by atoms with van der Waals surface area (Å²) in [4.78, 5) is 27.3. The van der Waals surface area contributed by atoms with Crippen LogP contribution >= 0.6 is 0 Å². The van der Waals surface area contributed by atoms with Gasteiger partial charge in [0.05, 0.1) is 11.7 Å². The summed E-state index contributed by atoms with van der Waals surface area (Å²) in [5.74, 6) is 0.535. The largest absolute Gasteiger partial charge is 0.488 e. The summed E-state index contributed by atoms with van der Waals surface area (Å²) in [6, 6.07) is 22.2. The lowest BCUT2D eigenvalue weighted by Gasteiger charge is -2.12. The number of ether oxygens (including phenoxy) is 1. The monoisotopic (exact) mass is 479 g/mol. The van der Waals surface area contributed by atoms with Crippen LogP contribution in [0.25, 0.3) is 21.8 Å². The fourth-order valence-corrected chi connectivity index (χ4v) is 4.11. The van der Waals surface area contributed by atoms with Crippen molar-refractivity contribution in [2.45, 2.75) is 13.5 Å². The van der Waals surface area contributed by atoms with E-state index < -0.39 is 6.03 Å². The molecule has 0 atom stereocenters. The molecule has 180 valence electrons. The minimum absolute atomic E-state index is 0.178. The Balaban J connectivity index is 1.35. The summed E-state index contributed by atoms with van der Waals surface area (Å²) in [7, 11) is 1.97. The van der Waals surface area contributed by atoms with E-state index in [-0.39, 0.29) is 5.56 Å². The highest BCUT2D eigenvalue weighted by molar-refractivity contribution is 5.96. The average Bonchev–Trinajstić information content (AvgIpc) is 3.23. The summed E-state index contributed by atoms with van der Waals surface area (Å²) in [5.41, 5.74) is 7.25. The van der Waals surface area contributed by atoms with Gasteiger partial charge in [0.2, 0.25) is 5.56 Å². The molecule has 3 aromatic carbocycles. The zero-order valence-electron chi connectivity index (χ0n) is 19.9. The lowest BCUT2D eigenvalue weighted by molar-refractivity contribution is 0.252. The van der Waals surface area contributed by atoms with Crippen LogP contribution in [-0.2, 0) is 13.7 Å². The van der Waals surface area contributed by atoms with Gasteiger partial charge >= 0.3 is 6.03 Å². The maximum absolute atomic E-state index is 12.4. The standard InChI is InChI=1S/C28H25N5O3/c1-18-12-27(34)31-24-15-26(36-17-19-6-4-3-5-7-19)21(14-23(18)24)16-29-32-28(35)30-22-8-9-25-20(13-22)10-11-33(25)2/h3-16H,17H2,1-2H3,(H,31,34)(H2,30,32,35). The third-order valence-electron chi connectivity index (χ3n) is 5.93. The first kappa shape index (κ1) is 22.9. The van der Waals surface area contributed by atoms with E-state index in [1.54, 1.807) is 12.1 Å². The van der Waals surface area contributed by atoms with Crippen LogP contribution in [0.1, 0.15) is 16.7 Å². The van der Waals surface area contributed by atoms with Gasteiger partial charge < -0.3 is 19.6 Å². The number of carbonyl (C=O) groups excluding carboxylic acids is 1. The van der Waals surface area contributed by atoms with Gasteiger partial charge in [0.15, 0.2) is 0 Å². The first-order chi connectivity index (χ1) is 17.5. The molecule has 2 amide bonds. The van der Waals surface area contributed by atoms with Gasteiger partial charge in [-0.1, -0.05) is 30.3 Å². The van der Waals surface area contributed by atoms with Gasteiger partial charge in [-0.05, 0) is 48.4 Å². The number of aromatic nitrogens is 2. The lowest BCUT2D eigenvalue weighted by Crippen LogP contribution is -2.24. The molecule has 36 heavy (non-hydrogen) atoms. The van der Waals surface area contributed by atoms with Crippen molar-refractivity contribution < 1.29 is 9.53 Å². The van der Waals surface area contributed by atoms with E-state index >= 15 is 0 Å². The summed E-state index contributed by atoms with van der Waals surface area (Å²) in [6.07, 6.45) is 3.50. The molecule has 8 heteroatoms. The number of nitrogens with zero attached hydrogens (tertiary/aromatic N) is 2. The van der Waals surface area contributed by atoms with Crippen molar-refractivity contribution in [3.05, 3.63) is 106 Å². The Morgan fingerprint density at radius 2 is 1.92 bits per heavy atom. The smallest absolute Gasteiger partial charge is 0.339 e. The summed E-state index contributed by atoms with van der Waals surface area (Å²) < 4.78 is 8.08. The van der Waals surface area contributed by atoms with Crippen LogP contribution in [0.4, 0.5) is 10.5 Å². The van der Waals surface area contributed by atoms with Crippen LogP contribution in [0.2, 0.25) is 0 Å². The zero-order valence-corrected chi connectivity index (χ0v) is 19.9. The van der Waals surface area contributed by atoms with Gasteiger partial charge in [0.25, 0.3) is 0 Å². The Morgan fingerprint density at radius 3 is 2.75 bits per heavy atom. The molecular weight excluding hydrogens is 454 g/mol. The number of amides is 2. The Morgan fingerprint density at radius 1 is 1.08 bits per heavy atom. The fraction of sp³-hybridized carbons (Fsp3) is 0.107. The molecule has 2 aromatic heterocycles. The number of H-pyrrole nitrogens is 1. The number of hydrazone groups is 1. The van der Waals surface area contributed by atoms with E-state index in [1.165, 1.54) is 6.21 Å². The molecule has 5 aromatic rings. The van der Waals surface area contributed by atoms with E-state index in [0.717, 1.165) is 27.4 Å². The number of aromatic amines is 1. The Labute approximate surface area is 207 Å². The van der Waals surface area contributed by atoms with Gasteiger partial charge in [-0.2, -0.15) is 5.10 Å². The molecule has 0 aliphatic rings. The van der Waals surface area contributed by atoms with Crippen LogP contribution in [-0.4, -0.2) is 21.8 Å². The van der Waals surface area contributed by atoms with Crippen molar-refractivity contribution in [1.29, 1.82) is 0 Å². The minimum atomic E-state index is -0.463. The van der Waals surface area contributed by atoms with Crippen LogP contribution in [0.5, 0.6) is 5.75 Å². The third kappa shape index (κ3) is 4.97. The zero-order chi connectivity index (χ0) is 25.1. The van der Waals surface area contributed by atoms with E-state index in [9.17, 15) is 9.59 Å². The Bertz CT molecular complexity index is 1650. The molecule has 0 fully saturated rings. The number of anilines is 1. The van der Waals surface area contributed by atoms with E-state index in [1.807, 2.05) is 85.4 Å². The summed E-state index contributed by atoms with van der Waals surface area (Å²) >= 11 is 0. The summed E-state index contributed by atoms with van der Waals surface area (Å²) in [5, 5.41) is 8.82. The number of carbonyl (C=O) groups is 1. The number of rotatable bonds is 6. The van der Waals surface area contributed by atoms with Crippen LogP contribution in [0.3, 0.4) is 0 Å². The molecular formula is C28H25N5O3. The molecule has 0 aliphatic carbocycles. The maximum Gasteiger partial charge on any atom is 0.339 e. The molecule has 5 rings (SSSR count). The quantitative estimate of drug-likeness (QED) is 0.234. The minimum Gasteiger partial charge on any atom is -0.488 e. The van der Waals surface area contributed by atoms with Crippen LogP contribution < -0.4 is 21.0 Å². The van der Waals surface area contributed by atoms with Crippen molar-refractivity contribution in [3.8, 4) is 5.75 Å². The molecule has 0 radical (unpaired) electrons. The molecule has 0 saturated heterocycles. The number of nitrogens with one attached hydrogen (secondary N) is 3. The van der Waals surface area contributed by atoms with Crippen molar-refractivity contribution in [1.82, 2.24) is 15.0 Å². The van der Waals surface area contributed by atoms with Crippen LogP contribution in [0, 0.1) is 6.92 Å². The summed E-state index contributed by atoms with van der Waals surface area (Å²) in [6.45, 7) is 2.22. The van der Waals surface area contributed by atoms with E-state index in [4.69, 9.17) is 4.74 Å². The second kappa shape index (κ2) is 9.79. The second-order valence-electron chi connectivity index (χ2n) is 8.55. The number of aryl methyl sites for hydroxylation is 2. The molecule has 0 spiro atoms. The van der Waals surface area contributed by atoms with E-state index in [2.05, 4.69) is 20.8 Å². The molecule has 0 saturated carbocycles. The molecule has 0 aliphatic heterocycles. The number of hydrogen-bond donors (Lipinski definition) is 3. The van der Waals surface area contributed by atoms with Crippen molar-refractivity contribution >= 4 is 39.7 Å². The topological polar surface area (TPSA) is 101 Å². The van der Waals surface area contributed by atoms with Crippen molar-refractivity contribution in [2.24, 2.45) is 12.1 Å². The fourth-order valence-electron chi connectivity index (χ4n) is 4.11. The highest BCUT2D eigenvalue weighted by Gasteiger charge is 2.09. The first-order valence-electron chi connectivity index (χ1n) is 11.5. The Hall–Kier alpha value is -4.85. The molecule has 8 nitrogen and oxygen atoms in total. The molecule has 2 heterocycles. The lowest BCUT2D eigenvalue weighted by atomic mass is 10.1. The number of urea groups is 1. The average molecular weight is 480 g/mol. The van der Waals surface area contributed by atoms with Gasteiger partial charge in [-0.25, -0.2) is 10.2 Å². The highest BCUT2D eigenvalue weighted by atomic mass is 16.5. The number of fused-ring (bicyclic) bond motifs is 2.